The summed E-state index contributed by atoms with van der Waals surface area (Å²) in [6, 6.07) is 13.2. The topological polar surface area (TPSA) is 46.2 Å². The van der Waals surface area contributed by atoms with Crippen LogP contribution < -0.4 is 5.32 Å². The first-order chi connectivity index (χ1) is 9.95. The third-order valence-corrected chi connectivity index (χ3v) is 3.93. The standard InChI is InChI=1S/C17H19NO2S/c1-12-7-8-16(13(2)9-12)18-17(19)15-6-4-5-14(10-15)11-21(3)20/h4-10H,11H2,1-3H3,(H,18,19)/t21-/m1/s1. The summed E-state index contributed by atoms with van der Waals surface area (Å²) >= 11 is 0. The molecule has 0 fully saturated rings. The van der Waals surface area contributed by atoms with E-state index in [2.05, 4.69) is 5.32 Å². The summed E-state index contributed by atoms with van der Waals surface area (Å²) in [6.45, 7) is 3.99. The van der Waals surface area contributed by atoms with E-state index in [0.29, 0.717) is 11.3 Å². The summed E-state index contributed by atoms with van der Waals surface area (Å²) in [5.41, 5.74) is 4.50. The minimum Gasteiger partial charge on any atom is -0.322 e. The molecule has 2 rings (SSSR count). The van der Waals surface area contributed by atoms with Gasteiger partial charge in [0.05, 0.1) is 0 Å². The van der Waals surface area contributed by atoms with Crippen LogP contribution in [0.15, 0.2) is 42.5 Å². The largest absolute Gasteiger partial charge is 0.322 e. The molecule has 0 heterocycles. The molecule has 21 heavy (non-hydrogen) atoms. The highest BCUT2D eigenvalue weighted by Gasteiger charge is 2.09. The molecule has 1 amide bonds. The molecule has 0 unspecified atom stereocenters. The Balaban J connectivity index is 2.18. The first-order valence-electron chi connectivity index (χ1n) is 6.73. The van der Waals surface area contributed by atoms with Crippen molar-refractivity contribution in [2.24, 2.45) is 0 Å². The van der Waals surface area contributed by atoms with Gasteiger partial charge in [0, 0.05) is 34.1 Å². The number of benzene rings is 2. The molecule has 0 spiro atoms. The summed E-state index contributed by atoms with van der Waals surface area (Å²) in [4.78, 5) is 12.3. The molecule has 0 saturated heterocycles. The second-order valence-corrected chi connectivity index (χ2v) is 6.63. The summed E-state index contributed by atoms with van der Waals surface area (Å²) in [5.74, 6) is 0.315. The van der Waals surface area contributed by atoms with Gasteiger partial charge in [-0.2, -0.15) is 0 Å². The zero-order valence-corrected chi connectivity index (χ0v) is 13.3. The van der Waals surface area contributed by atoms with Crippen LogP contribution in [0.25, 0.3) is 0 Å². The van der Waals surface area contributed by atoms with Crippen LogP contribution in [0.1, 0.15) is 27.0 Å². The molecule has 0 aliphatic carbocycles. The number of amides is 1. The first-order valence-corrected chi connectivity index (χ1v) is 8.46. The summed E-state index contributed by atoms with van der Waals surface area (Å²) < 4.78 is 11.3. The Morgan fingerprint density at radius 1 is 1.14 bits per heavy atom. The number of anilines is 1. The first kappa shape index (κ1) is 15.4. The zero-order chi connectivity index (χ0) is 15.4. The van der Waals surface area contributed by atoms with E-state index in [9.17, 15) is 9.00 Å². The SMILES string of the molecule is Cc1ccc(NC(=O)c2cccc(C[S@@](C)=O)c2)c(C)c1. The average Bonchev–Trinajstić information content (AvgIpc) is 2.41. The minimum absolute atomic E-state index is 0.148. The Bertz CT molecular complexity index is 695. The van der Waals surface area contributed by atoms with Gasteiger partial charge in [0.1, 0.15) is 0 Å². The van der Waals surface area contributed by atoms with Crippen molar-refractivity contribution in [3.63, 3.8) is 0 Å². The molecule has 110 valence electrons. The van der Waals surface area contributed by atoms with E-state index in [1.165, 1.54) is 0 Å². The van der Waals surface area contributed by atoms with Gasteiger partial charge < -0.3 is 5.32 Å². The van der Waals surface area contributed by atoms with E-state index in [-0.39, 0.29) is 5.91 Å². The van der Waals surface area contributed by atoms with E-state index in [1.807, 2.05) is 44.2 Å². The van der Waals surface area contributed by atoms with Gasteiger partial charge in [-0.15, -0.1) is 0 Å². The van der Waals surface area contributed by atoms with Crippen molar-refractivity contribution in [2.75, 3.05) is 11.6 Å². The van der Waals surface area contributed by atoms with Crippen molar-refractivity contribution in [2.45, 2.75) is 19.6 Å². The predicted molar refractivity (Wildman–Crippen MR) is 88.1 cm³/mol. The number of hydrogen-bond donors (Lipinski definition) is 1. The smallest absolute Gasteiger partial charge is 0.255 e. The van der Waals surface area contributed by atoms with Crippen LogP contribution in [0.5, 0.6) is 0 Å². The van der Waals surface area contributed by atoms with Crippen molar-refractivity contribution in [1.29, 1.82) is 0 Å². The van der Waals surface area contributed by atoms with Gasteiger partial charge >= 0.3 is 0 Å². The van der Waals surface area contributed by atoms with Crippen LogP contribution in [0.4, 0.5) is 5.69 Å². The van der Waals surface area contributed by atoms with Gasteiger partial charge in [0.2, 0.25) is 0 Å². The monoisotopic (exact) mass is 301 g/mol. The van der Waals surface area contributed by atoms with Gasteiger partial charge in [-0.1, -0.05) is 29.8 Å². The number of carbonyl (C=O) groups is 1. The Morgan fingerprint density at radius 3 is 2.57 bits per heavy atom. The fraction of sp³-hybridized carbons (Fsp3) is 0.235. The Morgan fingerprint density at radius 2 is 1.90 bits per heavy atom. The van der Waals surface area contributed by atoms with Crippen LogP contribution in [-0.2, 0) is 16.6 Å². The summed E-state index contributed by atoms with van der Waals surface area (Å²) in [7, 11) is -0.914. The van der Waals surface area contributed by atoms with Gasteiger partial charge in [-0.25, -0.2) is 0 Å². The molecular formula is C17H19NO2S. The maximum Gasteiger partial charge on any atom is 0.255 e. The molecule has 3 nitrogen and oxygen atoms in total. The van der Waals surface area contributed by atoms with Gasteiger partial charge in [0.15, 0.2) is 0 Å². The molecular weight excluding hydrogens is 282 g/mol. The average molecular weight is 301 g/mol. The minimum atomic E-state index is -0.914. The van der Waals surface area contributed by atoms with Crippen LogP contribution in [0.2, 0.25) is 0 Å². The highest BCUT2D eigenvalue weighted by atomic mass is 32.2. The van der Waals surface area contributed by atoms with E-state index >= 15 is 0 Å². The van der Waals surface area contributed by atoms with E-state index in [1.54, 1.807) is 18.4 Å². The fourth-order valence-electron chi connectivity index (χ4n) is 2.19. The molecule has 0 aromatic heterocycles. The normalized spacial score (nSPS) is 12.0. The molecule has 0 aliphatic rings. The molecule has 1 N–H and O–H groups in total. The maximum absolute atomic E-state index is 12.3. The highest BCUT2D eigenvalue weighted by Crippen LogP contribution is 2.17. The summed E-state index contributed by atoms with van der Waals surface area (Å²) in [5, 5.41) is 2.92. The van der Waals surface area contributed by atoms with E-state index in [4.69, 9.17) is 0 Å². The number of carbonyl (C=O) groups excluding carboxylic acids is 1. The van der Waals surface area contributed by atoms with Gasteiger partial charge in [-0.05, 0) is 43.2 Å². The number of nitrogens with one attached hydrogen (secondary N) is 1. The lowest BCUT2D eigenvalue weighted by Gasteiger charge is -2.10. The molecule has 2 aromatic rings. The van der Waals surface area contributed by atoms with E-state index in [0.717, 1.165) is 22.4 Å². The highest BCUT2D eigenvalue weighted by molar-refractivity contribution is 7.83. The van der Waals surface area contributed by atoms with Crippen LogP contribution in [0, 0.1) is 13.8 Å². The number of hydrogen-bond acceptors (Lipinski definition) is 2. The van der Waals surface area contributed by atoms with Crippen molar-refractivity contribution < 1.29 is 9.00 Å². The lowest BCUT2D eigenvalue weighted by molar-refractivity contribution is 0.102. The van der Waals surface area contributed by atoms with Crippen LogP contribution >= 0.6 is 0 Å². The molecule has 2 aromatic carbocycles. The molecule has 4 heteroatoms. The lowest BCUT2D eigenvalue weighted by Crippen LogP contribution is -2.13. The number of rotatable bonds is 4. The van der Waals surface area contributed by atoms with Crippen molar-refractivity contribution in [3.05, 3.63) is 64.7 Å². The second kappa shape index (κ2) is 6.68. The van der Waals surface area contributed by atoms with Crippen molar-refractivity contribution in [3.8, 4) is 0 Å². The third-order valence-electron chi connectivity index (χ3n) is 3.19. The Kier molecular flexibility index (Phi) is 4.91. The molecule has 0 saturated carbocycles. The van der Waals surface area contributed by atoms with Gasteiger partial charge in [-0.3, -0.25) is 9.00 Å². The third kappa shape index (κ3) is 4.26. The summed E-state index contributed by atoms with van der Waals surface area (Å²) in [6.07, 6.45) is 1.66. The quantitative estimate of drug-likeness (QED) is 0.940. The molecule has 1 atom stereocenters. The Hall–Kier alpha value is -1.94. The fourth-order valence-corrected chi connectivity index (χ4v) is 2.83. The van der Waals surface area contributed by atoms with Crippen LogP contribution in [-0.4, -0.2) is 16.4 Å². The lowest BCUT2D eigenvalue weighted by atomic mass is 10.1. The molecule has 0 bridgehead atoms. The van der Waals surface area contributed by atoms with E-state index < -0.39 is 10.8 Å². The molecule has 0 radical (unpaired) electrons. The van der Waals surface area contributed by atoms with Gasteiger partial charge in [0.25, 0.3) is 5.91 Å². The Labute approximate surface area is 127 Å². The maximum atomic E-state index is 12.3. The zero-order valence-electron chi connectivity index (χ0n) is 12.5. The van der Waals surface area contributed by atoms with Crippen molar-refractivity contribution in [1.82, 2.24) is 0 Å². The number of aryl methyl sites for hydroxylation is 2. The predicted octanol–water partition coefficient (Wildman–Crippen LogP) is 3.43. The second-order valence-electron chi connectivity index (χ2n) is 5.19. The molecule has 0 aliphatic heterocycles. The van der Waals surface area contributed by atoms with Crippen LogP contribution in [0.3, 0.4) is 0 Å². The van der Waals surface area contributed by atoms with Crippen molar-refractivity contribution >= 4 is 22.4 Å².